The third-order valence-corrected chi connectivity index (χ3v) is 3.47. The van der Waals surface area contributed by atoms with Gasteiger partial charge in [0.05, 0.1) is 6.04 Å². The first-order chi connectivity index (χ1) is 7.81. The molecule has 0 aromatic heterocycles. The van der Waals surface area contributed by atoms with E-state index in [1.165, 1.54) is 0 Å². The van der Waals surface area contributed by atoms with Gasteiger partial charge in [-0.3, -0.25) is 4.79 Å². The Morgan fingerprint density at radius 1 is 1.44 bits per heavy atom. The molecule has 16 heavy (non-hydrogen) atoms. The lowest BCUT2D eigenvalue weighted by Crippen LogP contribution is -2.56. The molecular weight excluding hydrogens is 206 g/mol. The number of rotatable bonds is 3. The van der Waals surface area contributed by atoms with Gasteiger partial charge in [0.25, 0.3) is 0 Å². The van der Waals surface area contributed by atoms with Crippen molar-refractivity contribution in [3.63, 3.8) is 0 Å². The quantitative estimate of drug-likeness (QED) is 0.565. The van der Waals surface area contributed by atoms with Crippen LogP contribution in [-0.4, -0.2) is 61.3 Å². The predicted molar refractivity (Wildman–Crippen MR) is 61.1 cm³/mol. The van der Waals surface area contributed by atoms with Crippen LogP contribution in [0.5, 0.6) is 0 Å². The van der Waals surface area contributed by atoms with Gasteiger partial charge in [0.2, 0.25) is 5.91 Å². The zero-order chi connectivity index (χ0) is 11.4. The molecule has 0 saturated carbocycles. The maximum atomic E-state index is 12.1. The summed E-state index contributed by atoms with van der Waals surface area (Å²) in [7, 11) is 0. The van der Waals surface area contributed by atoms with Gasteiger partial charge in [0.15, 0.2) is 0 Å². The molecule has 92 valence electrons. The maximum absolute atomic E-state index is 12.1. The number of carbonyl (C=O) groups is 1. The minimum atomic E-state index is -0.0540. The summed E-state index contributed by atoms with van der Waals surface area (Å²) in [5, 5.41) is 15.3. The average molecular weight is 227 g/mol. The van der Waals surface area contributed by atoms with Crippen LogP contribution >= 0.6 is 0 Å². The van der Waals surface area contributed by atoms with E-state index >= 15 is 0 Å². The van der Waals surface area contributed by atoms with Crippen molar-refractivity contribution in [3.8, 4) is 0 Å². The third-order valence-electron chi connectivity index (χ3n) is 3.47. The molecule has 0 aliphatic carbocycles. The first-order valence-electron chi connectivity index (χ1n) is 6.15. The Morgan fingerprint density at radius 3 is 3.00 bits per heavy atom. The molecule has 5 nitrogen and oxygen atoms in total. The number of nitrogens with one attached hydrogen (secondary N) is 2. The van der Waals surface area contributed by atoms with Crippen molar-refractivity contribution >= 4 is 5.91 Å². The Bertz CT molecular complexity index is 241. The molecule has 2 aliphatic rings. The molecule has 2 fully saturated rings. The molecule has 0 aromatic rings. The maximum Gasteiger partial charge on any atom is 0.241 e. The van der Waals surface area contributed by atoms with Crippen LogP contribution in [0, 0.1) is 5.92 Å². The Kier molecular flexibility index (Phi) is 4.15. The minimum Gasteiger partial charge on any atom is -0.396 e. The molecule has 2 atom stereocenters. The largest absolute Gasteiger partial charge is 0.396 e. The smallest absolute Gasteiger partial charge is 0.241 e. The summed E-state index contributed by atoms with van der Waals surface area (Å²) in [6.45, 7) is 4.44. The number of aliphatic hydroxyl groups is 1. The fourth-order valence-electron chi connectivity index (χ4n) is 2.50. The lowest BCUT2D eigenvalue weighted by Gasteiger charge is -2.28. The SMILES string of the molecule is O=C(C1CNCCN1)N1CCC(CCO)C1. The first-order valence-corrected chi connectivity index (χ1v) is 6.15. The Hall–Kier alpha value is -0.650. The minimum absolute atomic E-state index is 0.0540. The third kappa shape index (κ3) is 2.72. The van der Waals surface area contributed by atoms with E-state index in [-0.39, 0.29) is 18.6 Å². The van der Waals surface area contributed by atoms with Gasteiger partial charge in [-0.25, -0.2) is 0 Å². The van der Waals surface area contributed by atoms with Gasteiger partial charge in [-0.1, -0.05) is 0 Å². The molecule has 2 unspecified atom stereocenters. The Morgan fingerprint density at radius 2 is 2.31 bits per heavy atom. The number of likely N-dealkylation sites (tertiary alicyclic amines) is 1. The van der Waals surface area contributed by atoms with Crippen LogP contribution in [0.25, 0.3) is 0 Å². The number of piperazine rings is 1. The van der Waals surface area contributed by atoms with E-state index in [4.69, 9.17) is 5.11 Å². The highest BCUT2D eigenvalue weighted by Gasteiger charge is 2.30. The van der Waals surface area contributed by atoms with Crippen LogP contribution in [-0.2, 0) is 4.79 Å². The van der Waals surface area contributed by atoms with Crippen LogP contribution in [0.2, 0.25) is 0 Å². The average Bonchev–Trinajstić information content (AvgIpc) is 2.78. The summed E-state index contributed by atoms with van der Waals surface area (Å²) in [5.74, 6) is 0.707. The highest BCUT2D eigenvalue weighted by molar-refractivity contribution is 5.82. The van der Waals surface area contributed by atoms with E-state index in [0.717, 1.165) is 45.6 Å². The van der Waals surface area contributed by atoms with Crippen molar-refractivity contribution in [1.29, 1.82) is 0 Å². The highest BCUT2D eigenvalue weighted by Crippen LogP contribution is 2.19. The number of hydrogen-bond donors (Lipinski definition) is 3. The Labute approximate surface area is 96.2 Å². The van der Waals surface area contributed by atoms with Crippen LogP contribution < -0.4 is 10.6 Å². The van der Waals surface area contributed by atoms with E-state index in [1.54, 1.807) is 0 Å². The van der Waals surface area contributed by atoms with E-state index in [9.17, 15) is 4.79 Å². The van der Waals surface area contributed by atoms with Gasteiger partial charge in [0.1, 0.15) is 0 Å². The van der Waals surface area contributed by atoms with E-state index in [0.29, 0.717) is 5.92 Å². The zero-order valence-corrected chi connectivity index (χ0v) is 9.61. The topological polar surface area (TPSA) is 64.6 Å². The van der Waals surface area contributed by atoms with Crippen molar-refractivity contribution in [1.82, 2.24) is 15.5 Å². The molecule has 0 radical (unpaired) electrons. The van der Waals surface area contributed by atoms with Gasteiger partial charge in [-0.05, 0) is 18.8 Å². The normalized spacial score (nSPS) is 30.7. The highest BCUT2D eigenvalue weighted by atomic mass is 16.3. The molecule has 5 heteroatoms. The lowest BCUT2D eigenvalue weighted by molar-refractivity contribution is -0.132. The predicted octanol–water partition coefficient (Wildman–Crippen LogP) is -1.22. The molecule has 1 amide bonds. The Balaban J connectivity index is 1.81. The van der Waals surface area contributed by atoms with E-state index in [2.05, 4.69) is 10.6 Å². The number of nitrogens with zero attached hydrogens (tertiary/aromatic N) is 1. The molecule has 0 bridgehead atoms. The van der Waals surface area contributed by atoms with Crippen molar-refractivity contribution < 1.29 is 9.90 Å². The van der Waals surface area contributed by atoms with Crippen molar-refractivity contribution in [2.75, 3.05) is 39.3 Å². The van der Waals surface area contributed by atoms with Crippen LogP contribution in [0.15, 0.2) is 0 Å². The molecule has 2 heterocycles. The van der Waals surface area contributed by atoms with Crippen LogP contribution in [0.4, 0.5) is 0 Å². The standard InChI is InChI=1S/C11H21N3O2/c15-6-2-9-1-5-14(8-9)11(16)10-7-12-3-4-13-10/h9-10,12-13,15H,1-8H2. The second-order valence-corrected chi connectivity index (χ2v) is 4.66. The monoisotopic (exact) mass is 227 g/mol. The summed E-state index contributed by atoms with van der Waals surface area (Å²) in [6.07, 6.45) is 1.85. The second-order valence-electron chi connectivity index (χ2n) is 4.66. The number of amides is 1. The summed E-state index contributed by atoms with van der Waals surface area (Å²) >= 11 is 0. The van der Waals surface area contributed by atoms with E-state index < -0.39 is 0 Å². The molecule has 3 N–H and O–H groups in total. The fraction of sp³-hybridized carbons (Fsp3) is 0.909. The van der Waals surface area contributed by atoms with Gasteiger partial charge in [0, 0.05) is 39.3 Å². The van der Waals surface area contributed by atoms with Gasteiger partial charge in [-0.15, -0.1) is 0 Å². The zero-order valence-electron chi connectivity index (χ0n) is 9.61. The molecule has 2 aliphatic heterocycles. The van der Waals surface area contributed by atoms with Gasteiger partial charge < -0.3 is 20.6 Å². The molecule has 2 rings (SSSR count). The second kappa shape index (κ2) is 5.61. The summed E-state index contributed by atoms with van der Waals surface area (Å²) in [6, 6.07) is -0.0540. The first kappa shape index (κ1) is 11.8. The number of aliphatic hydroxyl groups excluding tert-OH is 1. The summed E-state index contributed by atoms with van der Waals surface area (Å²) in [4.78, 5) is 14.0. The van der Waals surface area contributed by atoms with Crippen molar-refractivity contribution in [2.45, 2.75) is 18.9 Å². The molecule has 0 aromatic carbocycles. The molecule has 0 spiro atoms. The summed E-state index contributed by atoms with van der Waals surface area (Å²) < 4.78 is 0. The molecule has 2 saturated heterocycles. The number of hydrogen-bond acceptors (Lipinski definition) is 4. The summed E-state index contributed by atoms with van der Waals surface area (Å²) in [5.41, 5.74) is 0. The number of carbonyl (C=O) groups excluding carboxylic acids is 1. The van der Waals surface area contributed by atoms with Crippen LogP contribution in [0.3, 0.4) is 0 Å². The van der Waals surface area contributed by atoms with Crippen LogP contribution in [0.1, 0.15) is 12.8 Å². The lowest BCUT2D eigenvalue weighted by atomic mass is 10.1. The van der Waals surface area contributed by atoms with E-state index in [1.807, 2.05) is 4.90 Å². The van der Waals surface area contributed by atoms with Gasteiger partial charge >= 0.3 is 0 Å². The van der Waals surface area contributed by atoms with Crippen molar-refractivity contribution in [3.05, 3.63) is 0 Å². The van der Waals surface area contributed by atoms with Crippen molar-refractivity contribution in [2.24, 2.45) is 5.92 Å². The van der Waals surface area contributed by atoms with Gasteiger partial charge in [-0.2, -0.15) is 0 Å². The molecular formula is C11H21N3O2. The fourth-order valence-corrected chi connectivity index (χ4v) is 2.50.